The van der Waals surface area contributed by atoms with Gasteiger partial charge in [-0.15, -0.1) is 0 Å². The molecule has 0 radical (unpaired) electrons. The Morgan fingerprint density at radius 2 is 1.50 bits per heavy atom. The van der Waals surface area contributed by atoms with E-state index in [0.717, 1.165) is 25.7 Å². The molecule has 128 valence electrons. The van der Waals surface area contributed by atoms with Crippen molar-refractivity contribution >= 4 is 11.9 Å². The van der Waals surface area contributed by atoms with Crippen molar-refractivity contribution in [2.45, 2.75) is 72.1 Å². The van der Waals surface area contributed by atoms with Crippen LogP contribution in [0.3, 0.4) is 0 Å². The predicted molar refractivity (Wildman–Crippen MR) is 90.8 cm³/mol. The van der Waals surface area contributed by atoms with Gasteiger partial charge in [-0.1, -0.05) is 59.6 Å². The van der Waals surface area contributed by atoms with Crippen molar-refractivity contribution in [3.05, 3.63) is 24.3 Å². The second-order valence-corrected chi connectivity index (χ2v) is 5.17. The topological polar surface area (TPSA) is 63.6 Å². The van der Waals surface area contributed by atoms with Crippen molar-refractivity contribution in [2.24, 2.45) is 0 Å². The summed E-state index contributed by atoms with van der Waals surface area (Å²) < 4.78 is 5.00. The average molecular weight is 312 g/mol. The first-order valence-electron chi connectivity index (χ1n) is 8.16. The van der Waals surface area contributed by atoms with Crippen LogP contribution in [0.1, 0.15) is 72.1 Å². The summed E-state index contributed by atoms with van der Waals surface area (Å²) >= 11 is 0. The fourth-order valence-corrected chi connectivity index (χ4v) is 1.44. The molecule has 1 N–H and O–H groups in total. The van der Waals surface area contributed by atoms with E-state index in [2.05, 4.69) is 20.1 Å². The van der Waals surface area contributed by atoms with E-state index >= 15 is 0 Å². The SMILES string of the molecule is C=C(CC)C(=O)OCCCCCC.C=C(CCCC)C(=O)O. The Balaban J connectivity index is 0. The summed E-state index contributed by atoms with van der Waals surface area (Å²) in [6, 6.07) is 0. The van der Waals surface area contributed by atoms with Gasteiger partial charge in [-0.2, -0.15) is 0 Å². The van der Waals surface area contributed by atoms with Crippen LogP contribution in [0.5, 0.6) is 0 Å². The highest BCUT2D eigenvalue weighted by atomic mass is 16.5. The van der Waals surface area contributed by atoms with E-state index in [4.69, 9.17) is 9.84 Å². The van der Waals surface area contributed by atoms with Crippen molar-refractivity contribution in [3.63, 3.8) is 0 Å². The molecule has 0 rings (SSSR count). The number of rotatable bonds is 11. The van der Waals surface area contributed by atoms with Crippen LogP contribution in [0.2, 0.25) is 0 Å². The molecular formula is C18H32O4. The van der Waals surface area contributed by atoms with Crippen LogP contribution in [-0.4, -0.2) is 23.7 Å². The Bertz CT molecular complexity index is 345. The summed E-state index contributed by atoms with van der Waals surface area (Å²) in [5.74, 6) is -1.11. The lowest BCUT2D eigenvalue weighted by atomic mass is 10.1. The van der Waals surface area contributed by atoms with Gasteiger partial charge in [0.15, 0.2) is 0 Å². The zero-order valence-electron chi connectivity index (χ0n) is 14.5. The number of carbonyl (C=O) groups is 2. The van der Waals surface area contributed by atoms with Gasteiger partial charge < -0.3 is 9.84 Å². The molecule has 0 saturated carbocycles. The third kappa shape index (κ3) is 14.8. The van der Waals surface area contributed by atoms with E-state index in [-0.39, 0.29) is 5.97 Å². The first-order valence-corrected chi connectivity index (χ1v) is 8.16. The molecule has 0 aromatic carbocycles. The summed E-state index contributed by atoms with van der Waals surface area (Å²) in [6.07, 6.45) is 7.76. The van der Waals surface area contributed by atoms with Crippen molar-refractivity contribution < 1.29 is 19.4 Å². The maximum Gasteiger partial charge on any atom is 0.333 e. The molecule has 0 aromatic rings. The molecule has 0 aliphatic rings. The molecular weight excluding hydrogens is 280 g/mol. The fourth-order valence-electron chi connectivity index (χ4n) is 1.44. The molecule has 0 atom stereocenters. The highest BCUT2D eigenvalue weighted by Gasteiger charge is 2.04. The first-order chi connectivity index (χ1) is 10.4. The van der Waals surface area contributed by atoms with Crippen LogP contribution in [-0.2, 0) is 14.3 Å². The van der Waals surface area contributed by atoms with Crippen LogP contribution in [0.25, 0.3) is 0 Å². The summed E-state index contributed by atoms with van der Waals surface area (Å²) in [5.41, 5.74) is 0.882. The normalized spacial score (nSPS) is 9.41. The van der Waals surface area contributed by atoms with Gasteiger partial charge in [-0.3, -0.25) is 0 Å². The standard InChI is InChI=1S/C11H20O2.C7H12O2/c1-4-6-7-8-9-13-11(12)10(3)5-2;1-3-4-5-6(2)7(8)9/h3-9H2,1-2H3;2-5H2,1H3,(H,8,9). The largest absolute Gasteiger partial charge is 0.478 e. The van der Waals surface area contributed by atoms with E-state index in [9.17, 15) is 9.59 Å². The lowest BCUT2D eigenvalue weighted by Gasteiger charge is -2.04. The van der Waals surface area contributed by atoms with Crippen molar-refractivity contribution in [3.8, 4) is 0 Å². The Labute approximate surface area is 135 Å². The van der Waals surface area contributed by atoms with Crippen LogP contribution in [0, 0.1) is 0 Å². The zero-order chi connectivity index (χ0) is 17.4. The first kappa shape index (κ1) is 22.7. The van der Waals surface area contributed by atoms with Gasteiger partial charge in [0.25, 0.3) is 0 Å². The van der Waals surface area contributed by atoms with E-state index in [1.54, 1.807) is 0 Å². The molecule has 0 amide bonds. The molecule has 0 aliphatic heterocycles. The predicted octanol–water partition coefficient (Wildman–Crippen LogP) is 4.89. The highest BCUT2D eigenvalue weighted by Crippen LogP contribution is 2.04. The molecule has 0 spiro atoms. The van der Waals surface area contributed by atoms with E-state index in [1.807, 2.05) is 13.8 Å². The average Bonchev–Trinajstić information content (AvgIpc) is 2.51. The van der Waals surface area contributed by atoms with Crippen molar-refractivity contribution in [1.82, 2.24) is 0 Å². The number of hydrogen-bond acceptors (Lipinski definition) is 3. The number of carboxylic acids is 1. The van der Waals surface area contributed by atoms with Crippen LogP contribution < -0.4 is 0 Å². The fraction of sp³-hybridized carbons (Fsp3) is 0.667. The molecule has 22 heavy (non-hydrogen) atoms. The number of ether oxygens (including phenoxy) is 1. The maximum atomic E-state index is 11.1. The van der Waals surface area contributed by atoms with Gasteiger partial charge in [0.05, 0.1) is 6.61 Å². The van der Waals surface area contributed by atoms with E-state index in [1.165, 1.54) is 12.8 Å². The lowest BCUT2D eigenvalue weighted by molar-refractivity contribution is -0.139. The maximum absolute atomic E-state index is 11.1. The third-order valence-corrected chi connectivity index (χ3v) is 3.08. The van der Waals surface area contributed by atoms with Gasteiger partial charge >= 0.3 is 11.9 Å². The second-order valence-electron chi connectivity index (χ2n) is 5.17. The summed E-state index contributed by atoms with van der Waals surface area (Å²) in [6.45, 7) is 13.6. The number of carboxylic acid groups (broad SMARTS) is 1. The number of esters is 1. The summed E-state index contributed by atoms with van der Waals surface area (Å²) in [5, 5.41) is 8.31. The van der Waals surface area contributed by atoms with Crippen molar-refractivity contribution in [2.75, 3.05) is 6.61 Å². The molecule has 0 unspecified atom stereocenters. The number of hydrogen-bond donors (Lipinski definition) is 1. The number of unbranched alkanes of at least 4 members (excludes halogenated alkanes) is 4. The number of aliphatic carboxylic acids is 1. The Kier molecular flexibility index (Phi) is 16.3. The minimum Gasteiger partial charge on any atom is -0.478 e. The molecule has 0 fully saturated rings. The zero-order valence-corrected chi connectivity index (χ0v) is 14.5. The van der Waals surface area contributed by atoms with Crippen LogP contribution in [0.15, 0.2) is 24.3 Å². The van der Waals surface area contributed by atoms with Gasteiger partial charge in [0.1, 0.15) is 0 Å². The summed E-state index contributed by atoms with van der Waals surface area (Å²) in [4.78, 5) is 21.2. The van der Waals surface area contributed by atoms with Crippen molar-refractivity contribution in [1.29, 1.82) is 0 Å². The quantitative estimate of drug-likeness (QED) is 0.335. The van der Waals surface area contributed by atoms with Crippen LogP contribution >= 0.6 is 0 Å². The molecule has 0 aliphatic carbocycles. The minimum atomic E-state index is -0.872. The molecule has 4 heteroatoms. The van der Waals surface area contributed by atoms with Gasteiger partial charge in [-0.25, -0.2) is 9.59 Å². The van der Waals surface area contributed by atoms with Crippen LogP contribution in [0.4, 0.5) is 0 Å². The molecule has 0 bridgehead atoms. The van der Waals surface area contributed by atoms with Gasteiger partial charge in [0, 0.05) is 11.1 Å². The highest BCUT2D eigenvalue weighted by molar-refractivity contribution is 5.87. The molecule has 0 saturated heterocycles. The molecule has 0 heterocycles. The van der Waals surface area contributed by atoms with Gasteiger partial charge in [-0.05, 0) is 25.7 Å². The van der Waals surface area contributed by atoms with E-state index in [0.29, 0.717) is 30.6 Å². The van der Waals surface area contributed by atoms with Gasteiger partial charge in [0.2, 0.25) is 0 Å². The molecule has 0 aromatic heterocycles. The smallest absolute Gasteiger partial charge is 0.333 e. The Morgan fingerprint density at radius 1 is 0.909 bits per heavy atom. The monoisotopic (exact) mass is 312 g/mol. The third-order valence-electron chi connectivity index (χ3n) is 3.08. The Hall–Kier alpha value is -1.58. The Morgan fingerprint density at radius 3 is 1.95 bits per heavy atom. The second kappa shape index (κ2) is 15.8. The lowest BCUT2D eigenvalue weighted by Crippen LogP contribution is -2.07. The summed E-state index contributed by atoms with van der Waals surface area (Å²) in [7, 11) is 0. The minimum absolute atomic E-state index is 0.237. The molecule has 4 nitrogen and oxygen atoms in total. The van der Waals surface area contributed by atoms with E-state index < -0.39 is 5.97 Å². The number of carbonyl (C=O) groups excluding carboxylic acids is 1.